The van der Waals surface area contributed by atoms with E-state index >= 15 is 0 Å². The summed E-state index contributed by atoms with van der Waals surface area (Å²) in [5.41, 5.74) is 0. The van der Waals surface area contributed by atoms with Crippen LogP contribution in [0.5, 0.6) is 0 Å². The lowest BCUT2D eigenvalue weighted by molar-refractivity contribution is -0.137. The number of aliphatic hydroxyl groups is 1. The van der Waals surface area contributed by atoms with Crippen molar-refractivity contribution < 1.29 is 24.9 Å². The number of unbranched alkanes of at least 4 members (excludes halogenated alkanes) is 1. The van der Waals surface area contributed by atoms with E-state index in [1.54, 1.807) is 0 Å². The average Bonchev–Trinajstić information content (AvgIpc) is 2.08. The predicted octanol–water partition coefficient (Wildman–Crippen LogP) is 0.633. The summed E-state index contributed by atoms with van der Waals surface area (Å²) < 4.78 is 0. The third kappa shape index (κ3) is 8.73. The van der Waals surface area contributed by atoms with Crippen LogP contribution in [0.3, 0.4) is 0 Å². The van der Waals surface area contributed by atoms with E-state index in [-0.39, 0.29) is 6.42 Å². The Hall–Kier alpha value is -1.36. The summed E-state index contributed by atoms with van der Waals surface area (Å²) in [6.45, 7) is 0. The van der Waals surface area contributed by atoms with E-state index in [2.05, 4.69) is 0 Å². The van der Waals surface area contributed by atoms with Crippen LogP contribution in [0.2, 0.25) is 0 Å². The van der Waals surface area contributed by atoms with E-state index in [1.165, 1.54) is 6.08 Å². The Morgan fingerprint density at radius 2 is 1.86 bits per heavy atom. The van der Waals surface area contributed by atoms with Gasteiger partial charge in [-0.3, -0.25) is 4.79 Å². The molecule has 0 aromatic rings. The lowest BCUT2D eigenvalue weighted by Gasteiger charge is -2.03. The molecule has 14 heavy (non-hydrogen) atoms. The highest BCUT2D eigenvalue weighted by Crippen LogP contribution is 2.04. The van der Waals surface area contributed by atoms with Crippen molar-refractivity contribution >= 4 is 11.9 Å². The SMILES string of the molecule is O=C(O)C=CC(O)CCCCC(=O)O. The number of carboxylic acid groups (broad SMARTS) is 2. The van der Waals surface area contributed by atoms with Gasteiger partial charge < -0.3 is 15.3 Å². The van der Waals surface area contributed by atoms with Gasteiger partial charge in [0.15, 0.2) is 0 Å². The van der Waals surface area contributed by atoms with Crippen molar-refractivity contribution in [2.75, 3.05) is 0 Å². The second-order valence-electron chi connectivity index (χ2n) is 2.90. The lowest BCUT2D eigenvalue weighted by atomic mass is 10.1. The fourth-order valence-corrected chi connectivity index (χ4v) is 0.919. The lowest BCUT2D eigenvalue weighted by Crippen LogP contribution is -2.04. The summed E-state index contributed by atoms with van der Waals surface area (Å²) in [6, 6.07) is 0. The van der Waals surface area contributed by atoms with Crippen LogP contribution in [0.25, 0.3) is 0 Å². The van der Waals surface area contributed by atoms with E-state index in [9.17, 15) is 9.59 Å². The van der Waals surface area contributed by atoms with Gasteiger partial charge in [0.25, 0.3) is 0 Å². The minimum absolute atomic E-state index is 0.0787. The zero-order chi connectivity index (χ0) is 11.0. The summed E-state index contributed by atoms with van der Waals surface area (Å²) in [6.07, 6.45) is 2.78. The summed E-state index contributed by atoms with van der Waals surface area (Å²) >= 11 is 0. The van der Waals surface area contributed by atoms with E-state index in [0.717, 1.165) is 6.08 Å². The molecule has 0 aromatic heterocycles. The van der Waals surface area contributed by atoms with Crippen LogP contribution in [0.15, 0.2) is 12.2 Å². The molecular weight excluding hydrogens is 188 g/mol. The Morgan fingerprint density at radius 1 is 1.21 bits per heavy atom. The molecule has 80 valence electrons. The highest BCUT2D eigenvalue weighted by atomic mass is 16.4. The molecular formula is C9H14O5. The molecule has 0 aromatic carbocycles. The Morgan fingerprint density at radius 3 is 2.36 bits per heavy atom. The molecule has 0 heterocycles. The number of hydrogen-bond donors (Lipinski definition) is 3. The maximum Gasteiger partial charge on any atom is 0.328 e. The highest BCUT2D eigenvalue weighted by molar-refractivity contribution is 5.79. The van der Waals surface area contributed by atoms with Gasteiger partial charge in [-0.05, 0) is 25.3 Å². The largest absolute Gasteiger partial charge is 0.481 e. The van der Waals surface area contributed by atoms with E-state index in [1.807, 2.05) is 0 Å². The molecule has 5 nitrogen and oxygen atoms in total. The van der Waals surface area contributed by atoms with Crippen LogP contribution in [-0.2, 0) is 9.59 Å². The summed E-state index contributed by atoms with van der Waals surface area (Å²) in [5.74, 6) is -1.96. The van der Waals surface area contributed by atoms with Crippen LogP contribution in [-0.4, -0.2) is 33.4 Å². The molecule has 3 N–H and O–H groups in total. The normalized spacial score (nSPS) is 12.9. The maximum absolute atomic E-state index is 10.1. The molecule has 1 unspecified atom stereocenters. The van der Waals surface area contributed by atoms with Gasteiger partial charge in [0.1, 0.15) is 0 Å². The van der Waals surface area contributed by atoms with Gasteiger partial charge in [-0.25, -0.2) is 4.79 Å². The predicted molar refractivity (Wildman–Crippen MR) is 48.9 cm³/mol. The molecule has 0 bridgehead atoms. The Bertz CT molecular complexity index is 221. The molecule has 1 atom stereocenters. The van der Waals surface area contributed by atoms with E-state index < -0.39 is 18.0 Å². The van der Waals surface area contributed by atoms with Crippen LogP contribution in [0, 0.1) is 0 Å². The van der Waals surface area contributed by atoms with Crippen molar-refractivity contribution in [3.05, 3.63) is 12.2 Å². The van der Waals surface area contributed by atoms with Crippen molar-refractivity contribution in [2.45, 2.75) is 31.8 Å². The van der Waals surface area contributed by atoms with Gasteiger partial charge in [0.2, 0.25) is 0 Å². The minimum Gasteiger partial charge on any atom is -0.481 e. The van der Waals surface area contributed by atoms with Gasteiger partial charge in [0, 0.05) is 12.5 Å². The zero-order valence-corrected chi connectivity index (χ0v) is 7.72. The second kappa shape index (κ2) is 7.08. The van der Waals surface area contributed by atoms with Crippen molar-refractivity contribution in [1.29, 1.82) is 0 Å². The van der Waals surface area contributed by atoms with Gasteiger partial charge >= 0.3 is 11.9 Å². The Balaban J connectivity index is 3.49. The number of rotatable bonds is 7. The maximum atomic E-state index is 10.1. The Kier molecular flexibility index (Phi) is 6.39. The van der Waals surface area contributed by atoms with Crippen LogP contribution < -0.4 is 0 Å². The summed E-state index contributed by atoms with van der Waals surface area (Å²) in [5, 5.41) is 25.7. The molecule has 0 aliphatic carbocycles. The van der Waals surface area contributed by atoms with Crippen LogP contribution in [0.4, 0.5) is 0 Å². The van der Waals surface area contributed by atoms with E-state index in [4.69, 9.17) is 15.3 Å². The summed E-state index contributed by atoms with van der Waals surface area (Å²) in [7, 11) is 0. The molecule has 0 spiro atoms. The fourth-order valence-electron chi connectivity index (χ4n) is 0.919. The van der Waals surface area contributed by atoms with Gasteiger partial charge in [-0.15, -0.1) is 0 Å². The molecule has 0 rings (SSSR count). The fraction of sp³-hybridized carbons (Fsp3) is 0.556. The molecule has 0 saturated heterocycles. The number of carbonyl (C=O) groups is 2. The first-order chi connectivity index (χ1) is 6.52. The smallest absolute Gasteiger partial charge is 0.328 e. The number of hydrogen-bond acceptors (Lipinski definition) is 3. The molecule has 0 amide bonds. The van der Waals surface area contributed by atoms with E-state index in [0.29, 0.717) is 19.3 Å². The number of aliphatic hydroxyl groups excluding tert-OH is 1. The minimum atomic E-state index is -1.10. The van der Waals surface area contributed by atoms with Gasteiger partial charge in [-0.2, -0.15) is 0 Å². The first-order valence-corrected chi connectivity index (χ1v) is 4.33. The molecule has 0 fully saturated rings. The highest BCUT2D eigenvalue weighted by Gasteiger charge is 2.01. The number of aliphatic carboxylic acids is 2. The Labute approximate surface area is 81.7 Å². The van der Waals surface area contributed by atoms with Crippen molar-refractivity contribution in [3.63, 3.8) is 0 Å². The topological polar surface area (TPSA) is 94.8 Å². The van der Waals surface area contributed by atoms with Crippen molar-refractivity contribution in [2.24, 2.45) is 0 Å². The first kappa shape index (κ1) is 12.6. The van der Waals surface area contributed by atoms with Gasteiger partial charge in [-0.1, -0.05) is 0 Å². The molecule has 0 radical (unpaired) electrons. The molecule has 0 aliphatic heterocycles. The molecule has 5 heteroatoms. The standard InChI is InChI=1S/C9H14O5/c10-7(5-6-9(13)14)3-1-2-4-8(11)12/h5-7,10H,1-4H2,(H,11,12)(H,13,14). The van der Waals surface area contributed by atoms with Gasteiger partial charge in [0.05, 0.1) is 6.10 Å². The van der Waals surface area contributed by atoms with Crippen molar-refractivity contribution in [1.82, 2.24) is 0 Å². The molecule has 0 saturated carbocycles. The average molecular weight is 202 g/mol. The number of carboxylic acids is 2. The quantitative estimate of drug-likeness (QED) is 0.416. The first-order valence-electron chi connectivity index (χ1n) is 4.33. The third-order valence-corrected chi connectivity index (χ3v) is 1.60. The third-order valence-electron chi connectivity index (χ3n) is 1.60. The summed E-state index contributed by atoms with van der Waals surface area (Å²) in [4.78, 5) is 20.2. The monoisotopic (exact) mass is 202 g/mol. The zero-order valence-electron chi connectivity index (χ0n) is 7.72. The van der Waals surface area contributed by atoms with Crippen LogP contribution in [0.1, 0.15) is 25.7 Å². The van der Waals surface area contributed by atoms with Crippen molar-refractivity contribution in [3.8, 4) is 0 Å². The second-order valence-corrected chi connectivity index (χ2v) is 2.90. The molecule has 0 aliphatic rings. The van der Waals surface area contributed by atoms with Crippen LogP contribution >= 0.6 is 0 Å².